The van der Waals surface area contributed by atoms with Gasteiger partial charge in [-0.25, -0.2) is 0 Å². The molecule has 7 heteroatoms. The Labute approximate surface area is 189 Å². The molecule has 0 fully saturated rings. The van der Waals surface area contributed by atoms with Crippen molar-refractivity contribution in [2.75, 3.05) is 0 Å². The van der Waals surface area contributed by atoms with Crippen molar-refractivity contribution in [3.05, 3.63) is 90.7 Å². The monoisotopic (exact) mass is 458 g/mol. The molecule has 4 rings (SSSR count). The van der Waals surface area contributed by atoms with Crippen molar-refractivity contribution in [1.29, 1.82) is 0 Å². The molecular weight excluding hydrogens is 436 g/mol. The number of rotatable bonds is 2. The molecule has 0 bridgehead atoms. The van der Waals surface area contributed by atoms with E-state index in [2.05, 4.69) is 63.9 Å². The predicted molar refractivity (Wildman–Crippen MR) is 106 cm³/mol. The second kappa shape index (κ2) is 12.0. The van der Waals surface area contributed by atoms with Crippen LogP contribution in [0.5, 0.6) is 0 Å². The molecule has 2 aromatic rings. The van der Waals surface area contributed by atoms with E-state index in [1.54, 1.807) is 0 Å². The predicted octanol–water partition coefficient (Wildman–Crippen LogP) is 4.54. The van der Waals surface area contributed by atoms with Crippen LogP contribution >= 0.6 is 0 Å². The van der Waals surface area contributed by atoms with Crippen molar-refractivity contribution in [1.82, 2.24) is 0 Å². The smallest absolute Gasteiger partial charge is 0 e. The van der Waals surface area contributed by atoms with E-state index in [-0.39, 0.29) is 29.2 Å². The number of ketones is 1. The summed E-state index contributed by atoms with van der Waals surface area (Å²) in [6, 6.07) is 16.4. The number of hydrogen-bond acceptors (Lipinski definition) is 2. The minimum Gasteiger partial charge on any atom is 0 e. The molecule has 30 heavy (non-hydrogen) atoms. The molecule has 0 saturated heterocycles. The standard InChI is InChI=1S/C20H22O2Si.3CO.Cr/c1-23(2,3)22-19-16-10-6-5-9-15(16)18(21)20(19)13-12-14-8-4-7-11-17(14)20;3*1-2;/h4-11,19H,12-13H2,1-3H3;;;;/t19-,20-;;;;/m0..../s1. The van der Waals surface area contributed by atoms with Gasteiger partial charge >= 0.3 is 33.9 Å². The molecule has 154 valence electrons. The SMILES string of the molecule is C[Si](C)(C)O[C@H]1c2ccccc2C(=O)[C@@]12CCc1ccccc12.[C-]#[O+].[C-]#[O+].[C-]#[O+].[Cr]. The van der Waals surface area contributed by atoms with E-state index >= 15 is 0 Å². The van der Waals surface area contributed by atoms with Gasteiger partial charge in [0, 0.05) is 22.9 Å². The number of benzene rings is 2. The van der Waals surface area contributed by atoms with Gasteiger partial charge in [0.25, 0.3) is 0 Å². The molecule has 2 aliphatic carbocycles. The van der Waals surface area contributed by atoms with Crippen molar-refractivity contribution in [3.8, 4) is 0 Å². The zero-order chi connectivity index (χ0) is 22.2. The third kappa shape index (κ3) is 5.02. The Morgan fingerprint density at radius 2 is 1.47 bits per heavy atom. The number of hydrogen-bond donors (Lipinski definition) is 0. The fourth-order valence-corrected chi connectivity index (χ4v) is 5.26. The number of carbonyl (C=O) groups is 1. The molecule has 0 unspecified atom stereocenters. The quantitative estimate of drug-likeness (QED) is 0.376. The average molecular weight is 459 g/mol. The molecule has 2 aliphatic rings. The van der Waals surface area contributed by atoms with Crippen molar-refractivity contribution in [2.45, 2.75) is 44.0 Å². The van der Waals surface area contributed by atoms with E-state index in [9.17, 15) is 4.79 Å². The second-order valence-electron chi connectivity index (χ2n) is 7.66. The van der Waals surface area contributed by atoms with Crippen LogP contribution < -0.4 is 0 Å². The van der Waals surface area contributed by atoms with Gasteiger partial charge in [-0.1, -0.05) is 48.5 Å². The van der Waals surface area contributed by atoms with E-state index in [1.807, 2.05) is 24.3 Å². The Morgan fingerprint density at radius 3 is 2.07 bits per heavy atom. The molecular formula is C23H22CrO5Si. The molecule has 0 N–H and O–H groups in total. The zero-order valence-corrected chi connectivity index (χ0v) is 19.3. The fourth-order valence-electron chi connectivity index (χ4n) is 4.22. The summed E-state index contributed by atoms with van der Waals surface area (Å²) in [5.41, 5.74) is 3.91. The Hall–Kier alpha value is -1.96. The van der Waals surface area contributed by atoms with Crippen LogP contribution in [-0.4, -0.2) is 14.1 Å². The summed E-state index contributed by atoms with van der Waals surface area (Å²) < 4.78 is 29.1. The van der Waals surface area contributed by atoms with Crippen LogP contribution in [0.3, 0.4) is 0 Å². The van der Waals surface area contributed by atoms with Crippen molar-refractivity contribution >= 4 is 14.1 Å². The largest absolute Gasteiger partial charge is 0 e. The first-order valence-corrected chi connectivity index (χ1v) is 12.4. The van der Waals surface area contributed by atoms with Crippen LogP contribution in [0.15, 0.2) is 48.5 Å². The summed E-state index contributed by atoms with van der Waals surface area (Å²) in [5.74, 6) is 0.251. The average Bonchev–Trinajstić information content (AvgIpc) is 3.25. The minimum atomic E-state index is -1.79. The van der Waals surface area contributed by atoms with Crippen molar-refractivity contribution in [3.63, 3.8) is 0 Å². The maximum absolute atomic E-state index is 13.4. The number of fused-ring (bicyclic) bond motifs is 3. The third-order valence-electron chi connectivity index (χ3n) is 5.10. The first-order chi connectivity index (χ1) is 13.9. The van der Waals surface area contributed by atoms with Crippen LogP contribution in [0.1, 0.15) is 39.6 Å². The molecule has 0 amide bonds. The van der Waals surface area contributed by atoms with E-state index < -0.39 is 13.7 Å². The van der Waals surface area contributed by atoms with Crippen molar-refractivity contribution < 1.29 is 40.5 Å². The molecule has 0 heterocycles. The topological polar surface area (TPSA) is 86.0 Å². The third-order valence-corrected chi connectivity index (χ3v) is 6.04. The number of carbonyl (C=O) groups excluding carboxylic acids is 1. The Kier molecular flexibility index (Phi) is 11.2. The summed E-state index contributed by atoms with van der Waals surface area (Å²) in [6.45, 7) is 20.1. The van der Waals surface area contributed by atoms with E-state index in [1.165, 1.54) is 11.1 Å². The van der Waals surface area contributed by atoms with Gasteiger partial charge in [0.05, 0.1) is 11.5 Å². The Morgan fingerprint density at radius 1 is 0.933 bits per heavy atom. The molecule has 2 atom stereocenters. The van der Waals surface area contributed by atoms with Gasteiger partial charge in [-0.2, -0.15) is 0 Å². The van der Waals surface area contributed by atoms with Gasteiger partial charge < -0.3 is 4.43 Å². The number of aryl methyl sites for hydroxylation is 1. The first-order valence-electron chi connectivity index (χ1n) is 8.95. The van der Waals surface area contributed by atoms with E-state index in [0.29, 0.717) is 0 Å². The molecule has 0 saturated carbocycles. The summed E-state index contributed by atoms with van der Waals surface area (Å²) in [4.78, 5) is 13.4. The Bertz CT molecular complexity index is 915. The van der Waals surface area contributed by atoms with Crippen LogP contribution in [0.2, 0.25) is 19.6 Å². The van der Waals surface area contributed by atoms with Gasteiger partial charge in [0.15, 0.2) is 14.1 Å². The van der Waals surface area contributed by atoms with Crippen LogP contribution in [0.25, 0.3) is 0 Å². The molecule has 1 spiro atoms. The second-order valence-corrected chi connectivity index (χ2v) is 12.1. The minimum absolute atomic E-state index is 0. The Balaban J connectivity index is 0.00000111. The van der Waals surface area contributed by atoms with Gasteiger partial charge in [-0.05, 0) is 49.2 Å². The van der Waals surface area contributed by atoms with Crippen LogP contribution in [-0.2, 0) is 47.6 Å². The summed E-state index contributed by atoms with van der Waals surface area (Å²) in [6.07, 6.45) is 1.68. The van der Waals surface area contributed by atoms with Crippen LogP contribution in [0.4, 0.5) is 0 Å². The summed E-state index contributed by atoms with van der Waals surface area (Å²) in [7, 11) is -1.79. The first kappa shape index (κ1) is 28.0. The molecule has 5 nitrogen and oxygen atoms in total. The molecule has 2 aromatic carbocycles. The van der Waals surface area contributed by atoms with Gasteiger partial charge in [0.1, 0.15) is 0 Å². The van der Waals surface area contributed by atoms with Crippen LogP contribution in [0, 0.1) is 20.0 Å². The summed E-state index contributed by atoms with van der Waals surface area (Å²) >= 11 is 0. The van der Waals surface area contributed by atoms with Gasteiger partial charge in [-0.15, -0.1) is 0 Å². The van der Waals surface area contributed by atoms with Gasteiger partial charge in [0.2, 0.25) is 0 Å². The normalized spacial score (nSPS) is 19.9. The fraction of sp³-hybridized carbons (Fsp3) is 0.304. The number of Topliss-reactive ketones (excluding diaryl/α,β-unsaturated/α-hetero) is 1. The molecule has 0 aliphatic heterocycles. The molecule has 0 radical (unpaired) electrons. The molecule has 0 aromatic heterocycles. The van der Waals surface area contributed by atoms with E-state index in [4.69, 9.17) is 18.4 Å². The van der Waals surface area contributed by atoms with Crippen molar-refractivity contribution in [2.24, 2.45) is 0 Å². The summed E-state index contributed by atoms with van der Waals surface area (Å²) in [5, 5.41) is 0. The van der Waals surface area contributed by atoms with Gasteiger partial charge in [-0.3, -0.25) is 4.79 Å². The van der Waals surface area contributed by atoms with E-state index in [0.717, 1.165) is 24.0 Å². The maximum Gasteiger partial charge on any atom is 0 e. The zero-order valence-electron chi connectivity index (χ0n) is 17.1. The maximum atomic E-state index is 13.4.